The summed E-state index contributed by atoms with van der Waals surface area (Å²) in [5.41, 5.74) is 2.12. The van der Waals surface area contributed by atoms with Gasteiger partial charge in [-0.3, -0.25) is 19.2 Å². The smallest absolute Gasteiger partial charge is 0.317 e. The molecule has 1 fully saturated rings. The normalized spacial score (nSPS) is 19.8. The molecule has 1 aliphatic rings. The zero-order chi connectivity index (χ0) is 18.1. The Labute approximate surface area is 145 Å². The molecule has 2 aromatic rings. The molecule has 2 N–H and O–H groups in total. The molecule has 1 saturated carbocycles. The van der Waals surface area contributed by atoms with Gasteiger partial charge >= 0.3 is 5.97 Å². The number of amides is 1. The second kappa shape index (κ2) is 6.79. The number of fused-ring (bicyclic) bond motifs is 1. The summed E-state index contributed by atoms with van der Waals surface area (Å²) in [5.74, 6) is -0.970. The van der Waals surface area contributed by atoms with Crippen LogP contribution in [0.15, 0.2) is 12.3 Å². The Bertz CT molecular complexity index is 810. The highest BCUT2D eigenvalue weighted by Crippen LogP contribution is 2.26. The fourth-order valence-corrected chi connectivity index (χ4v) is 3.38. The Balaban J connectivity index is 1.60. The highest BCUT2D eigenvalue weighted by molar-refractivity contribution is 5.97. The molecule has 0 saturated heterocycles. The maximum atomic E-state index is 12.4. The number of nitrogens with zero attached hydrogens (tertiary/aromatic N) is 4. The Morgan fingerprint density at radius 1 is 1.44 bits per heavy atom. The third-order valence-electron chi connectivity index (χ3n) is 4.83. The maximum absolute atomic E-state index is 12.4. The number of pyridine rings is 1. The minimum absolute atomic E-state index is 0.0443. The van der Waals surface area contributed by atoms with Crippen LogP contribution >= 0.6 is 0 Å². The van der Waals surface area contributed by atoms with Crippen molar-refractivity contribution in [2.24, 2.45) is 7.05 Å². The van der Waals surface area contributed by atoms with Crippen LogP contribution in [-0.2, 0) is 11.8 Å². The third kappa shape index (κ3) is 3.48. The number of nitrogens with one attached hydrogen (secondary N) is 1. The lowest BCUT2D eigenvalue weighted by Gasteiger charge is -2.42. The quantitative estimate of drug-likeness (QED) is 0.808. The van der Waals surface area contributed by atoms with E-state index in [9.17, 15) is 9.59 Å². The molecule has 0 spiro atoms. The Kier molecular flexibility index (Phi) is 4.71. The fraction of sp³-hybridized carbons (Fsp3) is 0.529. The first kappa shape index (κ1) is 17.3. The Morgan fingerprint density at radius 2 is 2.16 bits per heavy atom. The lowest BCUT2D eigenvalue weighted by Crippen LogP contribution is -2.54. The molecule has 0 bridgehead atoms. The van der Waals surface area contributed by atoms with Gasteiger partial charge in [-0.2, -0.15) is 5.10 Å². The summed E-state index contributed by atoms with van der Waals surface area (Å²) in [6.45, 7) is 4.58. The molecule has 1 amide bonds. The topological polar surface area (TPSA) is 100 Å². The van der Waals surface area contributed by atoms with Crippen LogP contribution in [0.2, 0.25) is 0 Å². The average Bonchev–Trinajstić information content (AvgIpc) is 2.82. The molecular weight excluding hydrogens is 322 g/mol. The number of hydrogen-bond donors (Lipinski definition) is 2. The standard InChI is InChI=1S/C17H23N5O3/c1-4-22(9-15(23)24)13-6-12(7-13)19-17(25)11-5-14-10(2)20-21(3)16(14)18-8-11/h5,8,12-13H,4,6-7,9H2,1-3H3,(H,19,25)(H,23,24). The second-order valence-electron chi connectivity index (χ2n) is 6.56. The minimum Gasteiger partial charge on any atom is -0.480 e. The molecular formula is C17H23N5O3. The van der Waals surface area contributed by atoms with E-state index in [1.807, 2.05) is 31.9 Å². The van der Waals surface area contributed by atoms with Crippen molar-refractivity contribution in [1.29, 1.82) is 0 Å². The number of hydrogen-bond acceptors (Lipinski definition) is 5. The van der Waals surface area contributed by atoms with Crippen LogP contribution in [0.4, 0.5) is 0 Å². The molecule has 25 heavy (non-hydrogen) atoms. The molecule has 2 aromatic heterocycles. The van der Waals surface area contributed by atoms with Gasteiger partial charge in [0.1, 0.15) is 0 Å². The maximum Gasteiger partial charge on any atom is 0.317 e. The van der Waals surface area contributed by atoms with Crippen LogP contribution in [0.5, 0.6) is 0 Å². The van der Waals surface area contributed by atoms with E-state index in [1.54, 1.807) is 10.9 Å². The SMILES string of the molecule is CCN(CC(=O)O)C1CC(NC(=O)c2cnc3c(c2)c(C)nn3C)C1. The molecule has 1 aliphatic carbocycles. The van der Waals surface area contributed by atoms with Crippen LogP contribution in [0.3, 0.4) is 0 Å². The summed E-state index contributed by atoms with van der Waals surface area (Å²) in [6, 6.07) is 2.11. The molecule has 0 radical (unpaired) electrons. The molecule has 0 aromatic carbocycles. The molecule has 3 rings (SSSR count). The second-order valence-corrected chi connectivity index (χ2v) is 6.56. The summed E-state index contributed by atoms with van der Waals surface area (Å²) in [5, 5.41) is 17.1. The monoisotopic (exact) mass is 345 g/mol. The van der Waals surface area contributed by atoms with Crippen molar-refractivity contribution in [3.05, 3.63) is 23.5 Å². The van der Waals surface area contributed by atoms with Crippen LogP contribution in [-0.4, -0.2) is 61.8 Å². The van der Waals surface area contributed by atoms with Crippen molar-refractivity contribution >= 4 is 22.9 Å². The van der Waals surface area contributed by atoms with E-state index in [-0.39, 0.29) is 24.5 Å². The van der Waals surface area contributed by atoms with Crippen LogP contribution in [0, 0.1) is 6.92 Å². The first-order valence-electron chi connectivity index (χ1n) is 8.45. The summed E-state index contributed by atoms with van der Waals surface area (Å²) in [4.78, 5) is 29.6. The van der Waals surface area contributed by atoms with Gasteiger partial charge in [0.05, 0.1) is 17.8 Å². The van der Waals surface area contributed by atoms with Crippen LogP contribution in [0.25, 0.3) is 11.0 Å². The van der Waals surface area contributed by atoms with Crippen LogP contribution < -0.4 is 5.32 Å². The van der Waals surface area contributed by atoms with E-state index < -0.39 is 5.97 Å². The van der Waals surface area contributed by atoms with Gasteiger partial charge in [0.15, 0.2) is 5.65 Å². The summed E-state index contributed by atoms with van der Waals surface area (Å²) in [7, 11) is 1.83. The summed E-state index contributed by atoms with van der Waals surface area (Å²) < 4.78 is 1.70. The zero-order valence-electron chi connectivity index (χ0n) is 14.7. The van der Waals surface area contributed by atoms with Crippen molar-refractivity contribution in [2.75, 3.05) is 13.1 Å². The van der Waals surface area contributed by atoms with Crippen molar-refractivity contribution in [3.63, 3.8) is 0 Å². The van der Waals surface area contributed by atoms with Crippen molar-refractivity contribution < 1.29 is 14.7 Å². The summed E-state index contributed by atoms with van der Waals surface area (Å²) in [6.07, 6.45) is 3.11. The first-order valence-corrected chi connectivity index (χ1v) is 8.45. The molecule has 8 nitrogen and oxygen atoms in total. The van der Waals surface area contributed by atoms with Gasteiger partial charge < -0.3 is 10.4 Å². The first-order chi connectivity index (χ1) is 11.9. The predicted octanol–water partition coefficient (Wildman–Crippen LogP) is 0.944. The Morgan fingerprint density at radius 3 is 2.80 bits per heavy atom. The number of carboxylic acid groups (broad SMARTS) is 1. The third-order valence-corrected chi connectivity index (χ3v) is 4.83. The lowest BCUT2D eigenvalue weighted by molar-refractivity contribution is -0.139. The zero-order valence-corrected chi connectivity index (χ0v) is 14.7. The number of carbonyl (C=O) groups excluding carboxylic acids is 1. The van der Waals surface area contributed by atoms with Gasteiger partial charge in [0.2, 0.25) is 0 Å². The predicted molar refractivity (Wildman–Crippen MR) is 92.4 cm³/mol. The number of rotatable bonds is 6. The van der Waals surface area contributed by atoms with Gasteiger partial charge in [-0.05, 0) is 32.4 Å². The number of likely N-dealkylation sites (N-methyl/N-ethyl adjacent to an activating group) is 1. The number of carbonyl (C=O) groups is 2. The average molecular weight is 345 g/mol. The van der Waals surface area contributed by atoms with Gasteiger partial charge in [0.25, 0.3) is 5.91 Å². The molecule has 0 atom stereocenters. The van der Waals surface area contributed by atoms with E-state index in [0.717, 1.165) is 29.6 Å². The van der Waals surface area contributed by atoms with Gasteiger partial charge in [-0.25, -0.2) is 4.98 Å². The van der Waals surface area contributed by atoms with E-state index in [4.69, 9.17) is 5.11 Å². The molecule has 0 aliphatic heterocycles. The largest absolute Gasteiger partial charge is 0.480 e. The molecule has 8 heteroatoms. The highest BCUT2D eigenvalue weighted by Gasteiger charge is 2.34. The van der Waals surface area contributed by atoms with Gasteiger partial charge in [0, 0.05) is 30.7 Å². The number of aliphatic carboxylic acids is 1. The van der Waals surface area contributed by atoms with Gasteiger partial charge in [-0.1, -0.05) is 6.92 Å². The van der Waals surface area contributed by atoms with Crippen LogP contribution in [0.1, 0.15) is 35.8 Å². The van der Waals surface area contributed by atoms with Gasteiger partial charge in [-0.15, -0.1) is 0 Å². The number of carboxylic acids is 1. The van der Waals surface area contributed by atoms with Crippen molar-refractivity contribution in [3.8, 4) is 0 Å². The molecule has 134 valence electrons. The fourth-order valence-electron chi connectivity index (χ4n) is 3.38. The minimum atomic E-state index is -0.819. The number of aromatic nitrogens is 3. The summed E-state index contributed by atoms with van der Waals surface area (Å²) >= 11 is 0. The molecule has 0 unspecified atom stereocenters. The van der Waals surface area contributed by atoms with E-state index in [1.165, 1.54) is 0 Å². The lowest BCUT2D eigenvalue weighted by atomic mass is 9.85. The highest BCUT2D eigenvalue weighted by atomic mass is 16.4. The van der Waals surface area contributed by atoms with Crippen molar-refractivity contribution in [2.45, 2.75) is 38.8 Å². The molecule has 2 heterocycles. The number of aryl methyl sites for hydroxylation is 2. The van der Waals surface area contributed by atoms with Crippen molar-refractivity contribution in [1.82, 2.24) is 25.0 Å². The van der Waals surface area contributed by atoms with E-state index >= 15 is 0 Å². The Hall–Kier alpha value is -2.48. The van der Waals surface area contributed by atoms with E-state index in [2.05, 4.69) is 15.4 Å². The van der Waals surface area contributed by atoms with E-state index in [0.29, 0.717) is 12.1 Å².